The summed E-state index contributed by atoms with van der Waals surface area (Å²) in [7, 11) is 0. The Balaban J connectivity index is 2.08. The molecule has 2 aromatic rings. The van der Waals surface area contributed by atoms with Gasteiger partial charge in [-0.2, -0.15) is 5.10 Å². The zero-order chi connectivity index (χ0) is 13.3. The van der Waals surface area contributed by atoms with Crippen molar-refractivity contribution in [3.05, 3.63) is 28.5 Å². The number of hydrogen-bond acceptors (Lipinski definition) is 4. The van der Waals surface area contributed by atoms with E-state index in [0.29, 0.717) is 5.13 Å². The van der Waals surface area contributed by atoms with E-state index in [4.69, 9.17) is 0 Å². The number of nitrogens with zero attached hydrogens (tertiary/aromatic N) is 3. The zero-order valence-electron chi connectivity index (χ0n) is 10.9. The van der Waals surface area contributed by atoms with Gasteiger partial charge in [-0.05, 0) is 33.3 Å². The second-order valence-corrected chi connectivity index (χ2v) is 5.53. The van der Waals surface area contributed by atoms with Gasteiger partial charge in [-0.25, -0.2) is 4.98 Å². The molecule has 5 nitrogen and oxygen atoms in total. The lowest BCUT2D eigenvalue weighted by Gasteiger charge is -2.10. The van der Waals surface area contributed by atoms with E-state index < -0.39 is 0 Å². The standard InChI is InChI=1S/C12H16N4OS/c1-7-5-13-16(6-7)9(3)11(17)15-12-14-8(2)10(4)18-12/h5-6,9H,1-4H3,(H,14,15,17). The molecule has 1 amide bonds. The topological polar surface area (TPSA) is 59.8 Å². The SMILES string of the molecule is Cc1cnn(C(C)C(=O)Nc2nc(C)c(C)s2)c1. The molecule has 2 rings (SSSR count). The highest BCUT2D eigenvalue weighted by Crippen LogP contribution is 2.22. The molecule has 0 spiro atoms. The Labute approximate surface area is 110 Å². The van der Waals surface area contributed by atoms with Crippen LogP contribution in [0.25, 0.3) is 0 Å². The molecule has 1 unspecified atom stereocenters. The summed E-state index contributed by atoms with van der Waals surface area (Å²) in [6.07, 6.45) is 3.59. The largest absolute Gasteiger partial charge is 0.300 e. The predicted octanol–water partition coefficient (Wildman–Crippen LogP) is 2.46. The number of nitrogens with one attached hydrogen (secondary N) is 1. The molecule has 1 N–H and O–H groups in total. The van der Waals surface area contributed by atoms with E-state index in [1.165, 1.54) is 11.3 Å². The number of aryl methyl sites for hydroxylation is 3. The molecule has 0 aliphatic heterocycles. The van der Waals surface area contributed by atoms with Gasteiger partial charge in [-0.3, -0.25) is 9.48 Å². The van der Waals surface area contributed by atoms with Crippen LogP contribution < -0.4 is 5.32 Å². The Morgan fingerprint density at radius 3 is 2.67 bits per heavy atom. The summed E-state index contributed by atoms with van der Waals surface area (Å²) in [5.74, 6) is -0.105. The maximum Gasteiger partial charge on any atom is 0.250 e. The monoisotopic (exact) mass is 264 g/mol. The molecule has 0 saturated carbocycles. The van der Waals surface area contributed by atoms with Crippen molar-refractivity contribution in [3.63, 3.8) is 0 Å². The summed E-state index contributed by atoms with van der Waals surface area (Å²) >= 11 is 1.49. The molecule has 18 heavy (non-hydrogen) atoms. The maximum atomic E-state index is 12.0. The van der Waals surface area contributed by atoms with Crippen LogP contribution in [-0.2, 0) is 4.79 Å². The van der Waals surface area contributed by atoms with Gasteiger partial charge in [0.1, 0.15) is 6.04 Å². The number of anilines is 1. The summed E-state index contributed by atoms with van der Waals surface area (Å²) in [6, 6.07) is -0.344. The van der Waals surface area contributed by atoms with E-state index in [0.717, 1.165) is 16.1 Å². The minimum Gasteiger partial charge on any atom is -0.300 e. The highest BCUT2D eigenvalue weighted by atomic mass is 32.1. The van der Waals surface area contributed by atoms with Crippen LogP contribution in [0, 0.1) is 20.8 Å². The molecule has 2 aromatic heterocycles. The van der Waals surface area contributed by atoms with E-state index >= 15 is 0 Å². The average molecular weight is 264 g/mol. The molecule has 2 heterocycles. The third-order valence-electron chi connectivity index (χ3n) is 2.77. The average Bonchev–Trinajstić information content (AvgIpc) is 2.85. The Kier molecular flexibility index (Phi) is 3.47. The van der Waals surface area contributed by atoms with E-state index in [2.05, 4.69) is 15.4 Å². The Morgan fingerprint density at radius 2 is 2.17 bits per heavy atom. The minimum absolute atomic E-state index is 0.105. The fourth-order valence-electron chi connectivity index (χ4n) is 1.50. The molecule has 0 aliphatic rings. The Bertz CT molecular complexity index is 553. The van der Waals surface area contributed by atoms with Crippen molar-refractivity contribution >= 4 is 22.4 Å². The first-order valence-electron chi connectivity index (χ1n) is 5.73. The van der Waals surface area contributed by atoms with Crippen LogP contribution >= 0.6 is 11.3 Å². The first-order valence-corrected chi connectivity index (χ1v) is 6.54. The summed E-state index contributed by atoms with van der Waals surface area (Å²) in [5, 5.41) is 7.60. The number of hydrogen-bond donors (Lipinski definition) is 1. The van der Waals surface area contributed by atoms with Gasteiger partial charge in [0.05, 0.1) is 11.9 Å². The number of thiazole rings is 1. The molecule has 0 aromatic carbocycles. The Morgan fingerprint density at radius 1 is 1.44 bits per heavy atom. The minimum atomic E-state index is -0.344. The summed E-state index contributed by atoms with van der Waals surface area (Å²) in [6.45, 7) is 7.68. The van der Waals surface area contributed by atoms with E-state index in [1.807, 2.05) is 33.9 Å². The second kappa shape index (κ2) is 4.89. The predicted molar refractivity (Wildman–Crippen MR) is 71.9 cm³/mol. The zero-order valence-corrected chi connectivity index (χ0v) is 11.7. The number of carbonyl (C=O) groups excluding carboxylic acids is 1. The third kappa shape index (κ3) is 2.59. The molecule has 0 radical (unpaired) electrons. The fourth-order valence-corrected chi connectivity index (χ4v) is 2.32. The number of carbonyl (C=O) groups is 1. The van der Waals surface area contributed by atoms with Gasteiger partial charge in [0.25, 0.3) is 5.91 Å². The van der Waals surface area contributed by atoms with Gasteiger partial charge in [0, 0.05) is 11.1 Å². The highest BCUT2D eigenvalue weighted by Gasteiger charge is 2.17. The third-order valence-corrected chi connectivity index (χ3v) is 3.75. The number of amides is 1. The van der Waals surface area contributed by atoms with Crippen LogP contribution in [0.2, 0.25) is 0 Å². The van der Waals surface area contributed by atoms with Crippen molar-refractivity contribution < 1.29 is 4.79 Å². The van der Waals surface area contributed by atoms with Crippen molar-refractivity contribution in [1.82, 2.24) is 14.8 Å². The van der Waals surface area contributed by atoms with Gasteiger partial charge in [-0.15, -0.1) is 11.3 Å². The van der Waals surface area contributed by atoms with Crippen molar-refractivity contribution in [2.24, 2.45) is 0 Å². The molecule has 0 fully saturated rings. The number of aromatic nitrogens is 3. The smallest absolute Gasteiger partial charge is 0.250 e. The molecular weight excluding hydrogens is 248 g/mol. The van der Waals surface area contributed by atoms with Crippen LogP contribution in [0.3, 0.4) is 0 Å². The van der Waals surface area contributed by atoms with Gasteiger partial charge in [0.2, 0.25) is 0 Å². The van der Waals surface area contributed by atoms with Crippen LogP contribution in [0.5, 0.6) is 0 Å². The molecule has 0 saturated heterocycles. The van der Waals surface area contributed by atoms with Crippen LogP contribution in [0.15, 0.2) is 12.4 Å². The lowest BCUT2D eigenvalue weighted by atomic mass is 10.3. The van der Waals surface area contributed by atoms with Gasteiger partial charge in [0.15, 0.2) is 5.13 Å². The van der Waals surface area contributed by atoms with Crippen molar-refractivity contribution in [3.8, 4) is 0 Å². The van der Waals surface area contributed by atoms with Crippen LogP contribution in [-0.4, -0.2) is 20.7 Å². The van der Waals surface area contributed by atoms with Gasteiger partial charge in [-0.1, -0.05) is 0 Å². The van der Waals surface area contributed by atoms with Gasteiger partial charge >= 0.3 is 0 Å². The second-order valence-electron chi connectivity index (χ2n) is 4.32. The Hall–Kier alpha value is -1.69. The lowest BCUT2D eigenvalue weighted by molar-refractivity contribution is -0.119. The quantitative estimate of drug-likeness (QED) is 0.926. The first kappa shape index (κ1) is 12.8. The first-order chi connectivity index (χ1) is 8.47. The summed E-state index contributed by atoms with van der Waals surface area (Å²) < 4.78 is 1.65. The number of rotatable bonds is 3. The fraction of sp³-hybridized carbons (Fsp3) is 0.417. The summed E-state index contributed by atoms with van der Waals surface area (Å²) in [5.41, 5.74) is 1.99. The molecule has 96 valence electrons. The lowest BCUT2D eigenvalue weighted by Crippen LogP contribution is -2.23. The van der Waals surface area contributed by atoms with E-state index in [-0.39, 0.29) is 11.9 Å². The van der Waals surface area contributed by atoms with Gasteiger partial charge < -0.3 is 5.32 Å². The molecule has 1 atom stereocenters. The molecule has 0 aliphatic carbocycles. The maximum absolute atomic E-state index is 12.0. The highest BCUT2D eigenvalue weighted by molar-refractivity contribution is 7.15. The van der Waals surface area contributed by atoms with E-state index in [1.54, 1.807) is 10.9 Å². The van der Waals surface area contributed by atoms with Crippen molar-refractivity contribution in [1.29, 1.82) is 0 Å². The van der Waals surface area contributed by atoms with E-state index in [9.17, 15) is 4.79 Å². The molecular formula is C12H16N4OS. The molecule has 0 bridgehead atoms. The molecule has 6 heteroatoms. The normalized spacial score (nSPS) is 12.4. The van der Waals surface area contributed by atoms with Crippen LogP contribution in [0.4, 0.5) is 5.13 Å². The van der Waals surface area contributed by atoms with Crippen molar-refractivity contribution in [2.75, 3.05) is 5.32 Å². The van der Waals surface area contributed by atoms with Crippen LogP contribution in [0.1, 0.15) is 29.1 Å². The van der Waals surface area contributed by atoms with Crippen molar-refractivity contribution in [2.45, 2.75) is 33.7 Å². The summed E-state index contributed by atoms with van der Waals surface area (Å²) in [4.78, 5) is 17.4.